The fraction of sp³-hybridized carbons (Fsp3) is 0.0909. The summed E-state index contributed by atoms with van der Waals surface area (Å²) >= 11 is 0. The first kappa shape index (κ1) is 8.23. The molecule has 0 aliphatic carbocycles. The van der Waals surface area contributed by atoms with E-state index < -0.39 is 0 Å². The number of anilines is 1. The molecule has 0 saturated carbocycles. The molecule has 0 saturated heterocycles. The van der Waals surface area contributed by atoms with Gasteiger partial charge in [0.25, 0.3) is 0 Å². The Morgan fingerprint density at radius 2 is 2.20 bits per heavy atom. The van der Waals surface area contributed by atoms with Gasteiger partial charge in [-0.1, -0.05) is 0 Å². The second kappa shape index (κ2) is 2.95. The van der Waals surface area contributed by atoms with Crippen LogP contribution < -0.4 is 4.90 Å². The number of amides is 1. The molecule has 74 valence electrons. The lowest BCUT2D eigenvalue weighted by Gasteiger charge is -2.13. The number of hydrogen-bond acceptors (Lipinski definition) is 2. The monoisotopic (exact) mass is 199 g/mol. The maximum absolute atomic E-state index is 11.9. The molecule has 0 radical (unpaired) electrons. The van der Waals surface area contributed by atoms with Gasteiger partial charge in [0.2, 0.25) is 0 Å². The predicted octanol–water partition coefficient (Wildman–Crippen LogP) is 1.87. The van der Waals surface area contributed by atoms with Crippen LogP contribution in [-0.4, -0.2) is 15.6 Å². The van der Waals surface area contributed by atoms with Gasteiger partial charge in [0.1, 0.15) is 0 Å². The zero-order valence-corrected chi connectivity index (χ0v) is 8.00. The molecule has 15 heavy (non-hydrogen) atoms. The van der Waals surface area contributed by atoms with Gasteiger partial charge in [-0.25, -0.2) is 4.79 Å². The first-order valence-electron chi connectivity index (χ1n) is 4.74. The van der Waals surface area contributed by atoms with Crippen LogP contribution in [0.4, 0.5) is 10.5 Å². The highest BCUT2D eigenvalue weighted by molar-refractivity contribution is 5.96. The lowest BCUT2D eigenvalue weighted by molar-refractivity contribution is 0.251. The van der Waals surface area contributed by atoms with E-state index in [1.165, 1.54) is 0 Å². The third-order valence-corrected chi connectivity index (χ3v) is 2.55. The maximum Gasteiger partial charge on any atom is 0.333 e. The number of carbonyl (C=O) groups is 1. The highest BCUT2D eigenvalue weighted by atomic mass is 16.2. The Balaban J connectivity index is 2.00. The summed E-state index contributed by atoms with van der Waals surface area (Å²) in [5.74, 6) is 0. The number of nitrogens with zero attached hydrogens (tertiary/aromatic N) is 3. The molecule has 0 aromatic carbocycles. The highest BCUT2D eigenvalue weighted by Gasteiger charge is 2.27. The van der Waals surface area contributed by atoms with Crippen molar-refractivity contribution in [2.24, 2.45) is 0 Å². The summed E-state index contributed by atoms with van der Waals surface area (Å²) in [4.78, 5) is 17.6. The zero-order chi connectivity index (χ0) is 10.3. The number of aromatic nitrogens is 2. The quantitative estimate of drug-likeness (QED) is 0.703. The van der Waals surface area contributed by atoms with Gasteiger partial charge in [-0.3, -0.25) is 14.5 Å². The summed E-state index contributed by atoms with van der Waals surface area (Å²) in [6.45, 7) is 0.623. The van der Waals surface area contributed by atoms with Crippen LogP contribution in [0.15, 0.2) is 42.9 Å². The van der Waals surface area contributed by atoms with Gasteiger partial charge in [-0.05, 0) is 24.3 Å². The van der Waals surface area contributed by atoms with E-state index in [0.29, 0.717) is 6.54 Å². The third kappa shape index (κ3) is 1.15. The van der Waals surface area contributed by atoms with Gasteiger partial charge in [0.05, 0.1) is 18.4 Å². The minimum absolute atomic E-state index is 0.0111. The normalized spacial score (nSPS) is 14.4. The Morgan fingerprint density at radius 1 is 1.27 bits per heavy atom. The Hall–Kier alpha value is -2.10. The van der Waals surface area contributed by atoms with Crippen molar-refractivity contribution in [2.45, 2.75) is 6.54 Å². The fourth-order valence-corrected chi connectivity index (χ4v) is 1.81. The molecule has 4 heteroatoms. The lowest BCUT2D eigenvalue weighted by Crippen LogP contribution is -2.25. The second-order valence-electron chi connectivity index (χ2n) is 3.45. The summed E-state index contributed by atoms with van der Waals surface area (Å²) in [6.07, 6.45) is 5.18. The van der Waals surface area contributed by atoms with E-state index in [9.17, 15) is 4.79 Å². The van der Waals surface area contributed by atoms with E-state index in [2.05, 4.69) is 4.98 Å². The molecule has 0 atom stereocenters. The summed E-state index contributed by atoms with van der Waals surface area (Å²) in [6, 6.07) is 7.54. The van der Waals surface area contributed by atoms with Crippen molar-refractivity contribution in [2.75, 3.05) is 4.90 Å². The minimum Gasteiger partial charge on any atom is -0.286 e. The van der Waals surface area contributed by atoms with Gasteiger partial charge in [0.15, 0.2) is 0 Å². The highest BCUT2D eigenvalue weighted by Crippen LogP contribution is 2.23. The molecule has 4 nitrogen and oxygen atoms in total. The van der Waals surface area contributed by atoms with E-state index in [1.54, 1.807) is 28.1 Å². The van der Waals surface area contributed by atoms with E-state index in [4.69, 9.17) is 0 Å². The predicted molar refractivity (Wildman–Crippen MR) is 55.6 cm³/mol. The number of rotatable bonds is 1. The summed E-state index contributed by atoms with van der Waals surface area (Å²) in [7, 11) is 0. The largest absolute Gasteiger partial charge is 0.333 e. The van der Waals surface area contributed by atoms with Gasteiger partial charge >= 0.3 is 6.03 Å². The molecule has 3 rings (SSSR count). The Morgan fingerprint density at radius 3 is 2.93 bits per heavy atom. The number of hydrogen-bond donors (Lipinski definition) is 0. The van der Waals surface area contributed by atoms with Crippen molar-refractivity contribution in [3.63, 3.8) is 0 Å². The van der Waals surface area contributed by atoms with E-state index in [0.717, 1.165) is 11.4 Å². The Kier molecular flexibility index (Phi) is 1.62. The van der Waals surface area contributed by atoms with Crippen LogP contribution in [-0.2, 0) is 6.54 Å². The summed E-state index contributed by atoms with van der Waals surface area (Å²) in [5, 5.41) is 0. The summed E-state index contributed by atoms with van der Waals surface area (Å²) < 4.78 is 1.66. The molecule has 2 aromatic rings. The van der Waals surface area contributed by atoms with Crippen molar-refractivity contribution in [1.29, 1.82) is 0 Å². The SMILES string of the molecule is O=C1N(c2cccnc2)Cc2cccn21. The Bertz CT molecular complexity index is 504. The van der Waals surface area contributed by atoms with E-state index in [1.807, 2.05) is 24.3 Å². The standard InChI is InChI=1S/C11H9N3O/c15-11-13-6-2-4-10(13)8-14(11)9-3-1-5-12-7-9/h1-7H,8H2. The van der Waals surface area contributed by atoms with Crippen molar-refractivity contribution < 1.29 is 4.79 Å². The first-order chi connectivity index (χ1) is 7.36. The van der Waals surface area contributed by atoms with Gasteiger partial charge in [-0.15, -0.1) is 0 Å². The molecule has 2 aromatic heterocycles. The number of pyridine rings is 1. The van der Waals surface area contributed by atoms with Crippen LogP contribution in [0, 0.1) is 0 Å². The minimum atomic E-state index is -0.0111. The summed E-state index contributed by atoms with van der Waals surface area (Å²) in [5.41, 5.74) is 1.86. The zero-order valence-electron chi connectivity index (χ0n) is 8.00. The Labute approximate surface area is 86.8 Å². The molecular formula is C11H9N3O. The average molecular weight is 199 g/mol. The maximum atomic E-state index is 11.9. The van der Waals surface area contributed by atoms with Crippen molar-refractivity contribution in [1.82, 2.24) is 9.55 Å². The van der Waals surface area contributed by atoms with E-state index in [-0.39, 0.29) is 6.03 Å². The molecule has 0 spiro atoms. The third-order valence-electron chi connectivity index (χ3n) is 2.55. The average Bonchev–Trinajstić information content (AvgIpc) is 2.83. The first-order valence-corrected chi connectivity index (χ1v) is 4.74. The van der Waals surface area contributed by atoms with Crippen molar-refractivity contribution >= 4 is 11.7 Å². The van der Waals surface area contributed by atoms with Crippen LogP contribution >= 0.6 is 0 Å². The van der Waals surface area contributed by atoms with Gasteiger partial charge in [0, 0.05) is 18.1 Å². The topological polar surface area (TPSA) is 38.1 Å². The molecular weight excluding hydrogens is 190 g/mol. The molecule has 0 N–H and O–H groups in total. The van der Waals surface area contributed by atoms with Gasteiger partial charge in [-0.2, -0.15) is 0 Å². The van der Waals surface area contributed by atoms with E-state index >= 15 is 0 Å². The molecule has 0 unspecified atom stereocenters. The second-order valence-corrected chi connectivity index (χ2v) is 3.45. The molecule has 3 heterocycles. The molecule has 0 fully saturated rings. The van der Waals surface area contributed by atoms with Crippen LogP contribution in [0.1, 0.15) is 5.69 Å². The number of carbonyl (C=O) groups excluding carboxylic acids is 1. The molecule has 1 aliphatic heterocycles. The lowest BCUT2D eigenvalue weighted by atomic mass is 10.3. The van der Waals surface area contributed by atoms with Gasteiger partial charge < -0.3 is 0 Å². The molecule has 1 aliphatic rings. The van der Waals surface area contributed by atoms with Crippen molar-refractivity contribution in [3.05, 3.63) is 48.5 Å². The molecule has 1 amide bonds. The van der Waals surface area contributed by atoms with Crippen LogP contribution in [0.3, 0.4) is 0 Å². The van der Waals surface area contributed by atoms with Crippen LogP contribution in [0.2, 0.25) is 0 Å². The van der Waals surface area contributed by atoms with Crippen molar-refractivity contribution in [3.8, 4) is 0 Å². The smallest absolute Gasteiger partial charge is 0.286 e. The number of fused-ring (bicyclic) bond motifs is 1. The fourth-order valence-electron chi connectivity index (χ4n) is 1.81. The van der Waals surface area contributed by atoms with Crippen LogP contribution in [0.25, 0.3) is 0 Å². The molecule has 0 bridgehead atoms. The van der Waals surface area contributed by atoms with Crippen LogP contribution in [0.5, 0.6) is 0 Å².